The molecule has 0 saturated carbocycles. The van der Waals surface area contributed by atoms with Crippen molar-refractivity contribution < 1.29 is 14.6 Å². The zero-order chi connectivity index (χ0) is 17.5. The van der Waals surface area contributed by atoms with Gasteiger partial charge in [-0.1, -0.05) is 0 Å². The summed E-state index contributed by atoms with van der Waals surface area (Å²) in [5.41, 5.74) is 0. The van der Waals surface area contributed by atoms with Gasteiger partial charge in [-0.3, -0.25) is 14.6 Å². The lowest BCUT2D eigenvalue weighted by Crippen LogP contribution is -2.57. The fraction of sp³-hybridized carbons (Fsp3) is 0.941. The van der Waals surface area contributed by atoms with E-state index in [1.54, 1.807) is 0 Å². The highest BCUT2D eigenvalue weighted by Gasteiger charge is 2.30. The number of nitrogens with zero attached hydrogens (tertiary/aromatic N) is 4. The van der Waals surface area contributed by atoms with E-state index in [1.807, 2.05) is 18.7 Å². The van der Waals surface area contributed by atoms with E-state index in [2.05, 4.69) is 21.7 Å². The zero-order valence-electron chi connectivity index (χ0n) is 15.5. The Morgan fingerprint density at radius 2 is 1.71 bits per heavy atom. The molecule has 0 aromatic rings. The van der Waals surface area contributed by atoms with Gasteiger partial charge in [-0.25, -0.2) is 0 Å². The van der Waals surface area contributed by atoms with Gasteiger partial charge in [-0.15, -0.1) is 0 Å². The van der Waals surface area contributed by atoms with E-state index in [-0.39, 0.29) is 11.9 Å². The van der Waals surface area contributed by atoms with Crippen molar-refractivity contribution in [1.29, 1.82) is 0 Å². The second-order valence-corrected chi connectivity index (χ2v) is 6.95. The van der Waals surface area contributed by atoms with Crippen LogP contribution >= 0.6 is 0 Å². The van der Waals surface area contributed by atoms with Gasteiger partial charge in [0.15, 0.2) is 0 Å². The molecular weight excluding hydrogens is 308 g/mol. The number of carbonyl (C=O) groups is 1. The number of aliphatic hydroxyl groups is 1. The Balaban J connectivity index is 1.72. The third-order valence-electron chi connectivity index (χ3n) is 5.11. The second-order valence-electron chi connectivity index (χ2n) is 6.95. The highest BCUT2D eigenvalue weighted by molar-refractivity contribution is 5.81. The minimum absolute atomic E-state index is 0.0335. The monoisotopic (exact) mass is 342 g/mol. The van der Waals surface area contributed by atoms with Crippen LogP contribution in [-0.4, -0.2) is 122 Å². The first-order chi connectivity index (χ1) is 11.5. The summed E-state index contributed by atoms with van der Waals surface area (Å²) in [4.78, 5) is 21.5. The summed E-state index contributed by atoms with van der Waals surface area (Å²) in [6.45, 7) is 12.7. The standard InChI is InChI=1S/C17H34N4O3/c1-4-24-14-16(22)13-19-7-11-21(12-8-19)17(23)15(2)20-9-5-18(3)6-10-20/h15-16,22H,4-14H2,1-3H3/t15-,16-/m1/s1. The van der Waals surface area contributed by atoms with Gasteiger partial charge in [0.25, 0.3) is 0 Å². The van der Waals surface area contributed by atoms with Crippen LogP contribution in [0.2, 0.25) is 0 Å². The molecule has 2 aliphatic rings. The molecule has 0 aliphatic carbocycles. The molecule has 2 saturated heterocycles. The normalized spacial score (nSPS) is 24.1. The molecule has 1 amide bonds. The van der Waals surface area contributed by atoms with Crippen molar-refractivity contribution in [3.8, 4) is 0 Å². The summed E-state index contributed by atoms with van der Waals surface area (Å²) < 4.78 is 5.25. The van der Waals surface area contributed by atoms with E-state index in [4.69, 9.17) is 4.74 Å². The van der Waals surface area contributed by atoms with E-state index in [9.17, 15) is 9.90 Å². The van der Waals surface area contributed by atoms with Crippen LogP contribution in [-0.2, 0) is 9.53 Å². The quantitative estimate of drug-likeness (QED) is 0.651. The third-order valence-corrected chi connectivity index (χ3v) is 5.11. The Hall–Kier alpha value is -0.730. The minimum atomic E-state index is -0.448. The summed E-state index contributed by atoms with van der Waals surface area (Å²) in [5, 5.41) is 9.93. The Labute approximate surface area is 146 Å². The number of piperazine rings is 2. The molecule has 0 radical (unpaired) electrons. The van der Waals surface area contributed by atoms with E-state index < -0.39 is 6.10 Å². The fourth-order valence-corrected chi connectivity index (χ4v) is 3.39. The highest BCUT2D eigenvalue weighted by Crippen LogP contribution is 2.11. The second kappa shape index (κ2) is 9.68. The molecule has 0 aromatic heterocycles. The van der Waals surface area contributed by atoms with Crippen molar-refractivity contribution in [3.63, 3.8) is 0 Å². The number of hydrogen-bond donors (Lipinski definition) is 1. The van der Waals surface area contributed by atoms with E-state index in [0.717, 1.165) is 52.4 Å². The number of ether oxygens (including phenoxy) is 1. The number of rotatable bonds is 7. The maximum atomic E-state index is 12.7. The van der Waals surface area contributed by atoms with Gasteiger partial charge in [0.1, 0.15) is 0 Å². The number of carbonyl (C=O) groups excluding carboxylic acids is 1. The molecule has 140 valence electrons. The summed E-state index contributed by atoms with van der Waals surface area (Å²) >= 11 is 0. The average Bonchev–Trinajstić information content (AvgIpc) is 2.60. The minimum Gasteiger partial charge on any atom is -0.389 e. The highest BCUT2D eigenvalue weighted by atomic mass is 16.5. The van der Waals surface area contributed by atoms with Gasteiger partial charge in [0.2, 0.25) is 5.91 Å². The molecule has 2 heterocycles. The van der Waals surface area contributed by atoms with Gasteiger partial charge in [0.05, 0.1) is 18.8 Å². The summed E-state index contributed by atoms with van der Waals surface area (Å²) in [5.74, 6) is 0.245. The zero-order valence-corrected chi connectivity index (χ0v) is 15.5. The lowest BCUT2D eigenvalue weighted by molar-refractivity contribution is -0.139. The van der Waals surface area contributed by atoms with E-state index in [0.29, 0.717) is 19.8 Å². The number of hydrogen-bond acceptors (Lipinski definition) is 6. The molecule has 7 nitrogen and oxygen atoms in total. The molecule has 0 unspecified atom stereocenters. The van der Waals surface area contributed by atoms with Gasteiger partial charge in [-0.05, 0) is 20.9 Å². The van der Waals surface area contributed by atoms with Crippen molar-refractivity contribution in [2.75, 3.05) is 79.2 Å². The van der Waals surface area contributed by atoms with Crippen LogP contribution in [0.5, 0.6) is 0 Å². The van der Waals surface area contributed by atoms with Crippen molar-refractivity contribution in [2.24, 2.45) is 0 Å². The van der Waals surface area contributed by atoms with Crippen LogP contribution in [0.3, 0.4) is 0 Å². The van der Waals surface area contributed by atoms with Crippen LogP contribution in [0, 0.1) is 0 Å². The lowest BCUT2D eigenvalue weighted by Gasteiger charge is -2.40. The molecule has 2 rings (SSSR count). The Morgan fingerprint density at radius 1 is 1.08 bits per heavy atom. The number of amides is 1. The number of β-amino-alcohol motifs (C(OH)–C–C–N with tert-alkyl or cyclic N) is 1. The van der Waals surface area contributed by atoms with E-state index in [1.165, 1.54) is 0 Å². The van der Waals surface area contributed by atoms with Crippen molar-refractivity contribution >= 4 is 5.91 Å². The predicted octanol–water partition coefficient (Wildman–Crippen LogP) is -0.836. The van der Waals surface area contributed by atoms with Gasteiger partial charge in [0, 0.05) is 65.5 Å². The number of aliphatic hydroxyl groups excluding tert-OH is 1. The maximum absolute atomic E-state index is 12.7. The fourth-order valence-electron chi connectivity index (χ4n) is 3.39. The van der Waals surface area contributed by atoms with Gasteiger partial charge >= 0.3 is 0 Å². The Morgan fingerprint density at radius 3 is 2.29 bits per heavy atom. The topological polar surface area (TPSA) is 59.5 Å². The Kier molecular flexibility index (Phi) is 7.90. The molecule has 2 atom stereocenters. The smallest absolute Gasteiger partial charge is 0.239 e. The molecule has 2 aliphatic heterocycles. The Bertz CT molecular complexity index is 380. The van der Waals surface area contributed by atoms with Crippen molar-refractivity contribution in [1.82, 2.24) is 19.6 Å². The van der Waals surface area contributed by atoms with Gasteiger partial charge in [-0.2, -0.15) is 0 Å². The summed E-state index contributed by atoms with van der Waals surface area (Å²) in [6.07, 6.45) is -0.448. The molecular formula is C17H34N4O3. The molecule has 0 bridgehead atoms. The van der Waals surface area contributed by atoms with Crippen molar-refractivity contribution in [3.05, 3.63) is 0 Å². The van der Waals surface area contributed by atoms with Gasteiger partial charge < -0.3 is 19.6 Å². The molecule has 24 heavy (non-hydrogen) atoms. The maximum Gasteiger partial charge on any atom is 0.239 e. The molecule has 1 N–H and O–H groups in total. The molecule has 2 fully saturated rings. The van der Waals surface area contributed by atoms with Crippen LogP contribution in [0.25, 0.3) is 0 Å². The molecule has 0 aromatic carbocycles. The predicted molar refractivity (Wildman–Crippen MR) is 94.1 cm³/mol. The SMILES string of the molecule is CCOC[C@H](O)CN1CCN(C(=O)[C@@H](C)N2CCN(C)CC2)CC1. The first-order valence-electron chi connectivity index (χ1n) is 9.20. The summed E-state index contributed by atoms with van der Waals surface area (Å²) in [6, 6.07) is -0.0335. The first kappa shape index (κ1) is 19.6. The van der Waals surface area contributed by atoms with E-state index >= 15 is 0 Å². The van der Waals surface area contributed by atoms with Crippen molar-refractivity contribution in [2.45, 2.75) is 26.0 Å². The largest absolute Gasteiger partial charge is 0.389 e. The van der Waals surface area contributed by atoms with Crippen LogP contribution in [0.4, 0.5) is 0 Å². The lowest BCUT2D eigenvalue weighted by atomic mass is 10.2. The third kappa shape index (κ3) is 5.67. The van der Waals surface area contributed by atoms with Crippen LogP contribution in [0.1, 0.15) is 13.8 Å². The average molecular weight is 342 g/mol. The molecule has 0 spiro atoms. The number of likely N-dealkylation sites (N-methyl/N-ethyl adjacent to an activating group) is 1. The van der Waals surface area contributed by atoms with Crippen LogP contribution in [0.15, 0.2) is 0 Å². The first-order valence-corrected chi connectivity index (χ1v) is 9.20. The summed E-state index contributed by atoms with van der Waals surface area (Å²) in [7, 11) is 2.13. The molecule has 7 heteroatoms. The van der Waals surface area contributed by atoms with Crippen LogP contribution < -0.4 is 0 Å².